The predicted molar refractivity (Wildman–Crippen MR) is 23.8 cm³/mol. The zero-order valence-electron chi connectivity index (χ0n) is 2.89. The quantitative estimate of drug-likeness (QED) is 0.384. The van der Waals surface area contributed by atoms with Gasteiger partial charge in [0.25, 0.3) is 0 Å². The van der Waals surface area contributed by atoms with Crippen LogP contribution in [0.3, 0.4) is 0 Å². The van der Waals surface area contributed by atoms with Gasteiger partial charge in [-0.05, 0) is 12.2 Å². The summed E-state index contributed by atoms with van der Waals surface area (Å²) in [4.78, 5) is 4.27. The molecule has 0 saturated heterocycles. The molecule has 30 valence electrons. The first kappa shape index (κ1) is 4.85. The fraction of sp³-hybridized carbons (Fsp3) is 0.500. The topological polar surface area (TPSA) is 21.3 Å². The maximum atomic E-state index is 4.27. The van der Waals surface area contributed by atoms with E-state index in [-0.39, 0.29) is 0 Å². The molecule has 0 spiro atoms. The molecule has 0 aliphatic carbocycles. The molecule has 0 aliphatic rings. The number of rotatable bonds is 2. The van der Waals surface area contributed by atoms with Crippen molar-refractivity contribution in [3.8, 4) is 0 Å². The van der Waals surface area contributed by atoms with Crippen molar-refractivity contribution in [3.63, 3.8) is 0 Å². The molecular weight excluding hydrogens is 86.1 g/mol. The number of hydroxylamine groups is 1. The van der Waals surface area contributed by atoms with Gasteiger partial charge < -0.3 is 4.84 Å². The first-order valence-corrected chi connectivity index (χ1v) is 1.65. The van der Waals surface area contributed by atoms with Crippen molar-refractivity contribution >= 4 is 17.8 Å². The van der Waals surface area contributed by atoms with E-state index >= 15 is 0 Å². The van der Waals surface area contributed by atoms with E-state index in [0.717, 1.165) is 5.55 Å². The smallest absolute Gasteiger partial charge is 0.174 e. The Morgan fingerprint density at radius 3 is 2.60 bits per heavy atom. The molecule has 0 bridgehead atoms. The Kier molecular flexibility index (Phi) is 3.73. The van der Waals surface area contributed by atoms with Gasteiger partial charge in [0, 0.05) is 7.05 Å². The molecule has 3 heteroatoms. The van der Waals surface area contributed by atoms with Gasteiger partial charge in [-0.25, -0.2) is 0 Å². The van der Waals surface area contributed by atoms with Crippen molar-refractivity contribution in [2.45, 2.75) is 0 Å². The SMILES string of the molecule is CNOC=S. The monoisotopic (exact) mass is 91.0 g/mol. The Balaban J connectivity index is 2.40. The van der Waals surface area contributed by atoms with Crippen molar-refractivity contribution in [3.05, 3.63) is 0 Å². The molecule has 0 atom stereocenters. The number of hydrogen-bond acceptors (Lipinski definition) is 3. The third kappa shape index (κ3) is 3.85. The first-order chi connectivity index (χ1) is 2.41. The number of hydrogen-bond donors (Lipinski definition) is 1. The molecule has 0 rings (SSSR count). The summed E-state index contributed by atoms with van der Waals surface area (Å²) in [5.74, 6) is 0. The van der Waals surface area contributed by atoms with Crippen molar-refractivity contribution < 1.29 is 4.84 Å². The lowest BCUT2D eigenvalue weighted by atomic mass is 11.5. The van der Waals surface area contributed by atoms with Crippen LogP contribution in [0.15, 0.2) is 0 Å². The van der Waals surface area contributed by atoms with Crippen LogP contribution in [0.1, 0.15) is 0 Å². The van der Waals surface area contributed by atoms with E-state index < -0.39 is 0 Å². The highest BCUT2D eigenvalue weighted by Gasteiger charge is 1.53. The largest absolute Gasteiger partial charge is 0.405 e. The van der Waals surface area contributed by atoms with Crippen LogP contribution in [-0.2, 0) is 4.84 Å². The van der Waals surface area contributed by atoms with E-state index in [1.54, 1.807) is 7.05 Å². The van der Waals surface area contributed by atoms with Crippen molar-refractivity contribution in [2.75, 3.05) is 7.05 Å². The maximum Gasteiger partial charge on any atom is 0.174 e. The van der Waals surface area contributed by atoms with E-state index in [4.69, 9.17) is 0 Å². The minimum absolute atomic E-state index is 1.15. The molecule has 0 fully saturated rings. The molecule has 5 heavy (non-hydrogen) atoms. The second kappa shape index (κ2) is 3.85. The summed E-state index contributed by atoms with van der Waals surface area (Å²) < 4.78 is 0. The van der Waals surface area contributed by atoms with Crippen LogP contribution in [0.5, 0.6) is 0 Å². The summed E-state index contributed by atoms with van der Waals surface area (Å²) in [5.41, 5.74) is 3.51. The molecule has 0 aromatic carbocycles. The number of thiocarbonyl (C=S) groups is 1. The van der Waals surface area contributed by atoms with E-state index in [1.807, 2.05) is 0 Å². The molecule has 0 amide bonds. The molecule has 0 saturated carbocycles. The van der Waals surface area contributed by atoms with Gasteiger partial charge in [0.2, 0.25) is 0 Å². The summed E-state index contributed by atoms with van der Waals surface area (Å²) in [5, 5.41) is 0. The standard InChI is InChI=1S/C2H5NOS/c1-3-4-2-5/h2-3H,1H3. The first-order valence-electron chi connectivity index (χ1n) is 1.18. The fourth-order valence-corrected chi connectivity index (χ4v) is 0.144. The van der Waals surface area contributed by atoms with Gasteiger partial charge in [-0.2, -0.15) is 5.48 Å². The maximum absolute atomic E-state index is 4.27. The van der Waals surface area contributed by atoms with Crippen LogP contribution >= 0.6 is 12.2 Å². The highest BCUT2D eigenvalue weighted by atomic mass is 32.1. The lowest BCUT2D eigenvalue weighted by molar-refractivity contribution is 0.228. The van der Waals surface area contributed by atoms with E-state index in [0.29, 0.717) is 0 Å². The molecule has 2 nitrogen and oxygen atoms in total. The molecule has 0 aromatic heterocycles. The highest BCUT2D eigenvalue weighted by molar-refractivity contribution is 7.78. The van der Waals surface area contributed by atoms with Crippen LogP contribution in [0, 0.1) is 0 Å². The summed E-state index contributed by atoms with van der Waals surface area (Å²) in [6.07, 6.45) is 0. The molecule has 0 aromatic rings. The minimum Gasteiger partial charge on any atom is -0.405 e. The Morgan fingerprint density at radius 1 is 2.00 bits per heavy atom. The average Bonchev–Trinajstić information content (AvgIpc) is 1.41. The van der Waals surface area contributed by atoms with Crippen molar-refractivity contribution in [1.82, 2.24) is 5.48 Å². The second-order valence-corrected chi connectivity index (χ2v) is 0.611. The van der Waals surface area contributed by atoms with Crippen LogP contribution in [-0.4, -0.2) is 12.6 Å². The van der Waals surface area contributed by atoms with Gasteiger partial charge in [-0.15, -0.1) is 0 Å². The summed E-state index contributed by atoms with van der Waals surface area (Å²) in [6.45, 7) is 0. The van der Waals surface area contributed by atoms with Gasteiger partial charge in [-0.3, -0.25) is 0 Å². The molecular formula is C2H5NOS. The van der Waals surface area contributed by atoms with Gasteiger partial charge in [0.15, 0.2) is 5.55 Å². The summed E-state index contributed by atoms with van der Waals surface area (Å²) in [6, 6.07) is 0. The lowest BCUT2D eigenvalue weighted by Crippen LogP contribution is -2.02. The van der Waals surface area contributed by atoms with Gasteiger partial charge in [-0.1, -0.05) is 0 Å². The van der Waals surface area contributed by atoms with Crippen molar-refractivity contribution in [2.24, 2.45) is 0 Å². The van der Waals surface area contributed by atoms with E-state index in [2.05, 4.69) is 22.5 Å². The van der Waals surface area contributed by atoms with Crippen LogP contribution in [0.4, 0.5) is 0 Å². The second-order valence-electron chi connectivity index (χ2n) is 0.418. The Morgan fingerprint density at radius 2 is 2.60 bits per heavy atom. The highest BCUT2D eigenvalue weighted by Crippen LogP contribution is 1.46. The van der Waals surface area contributed by atoms with Crippen LogP contribution < -0.4 is 5.48 Å². The third-order valence-electron chi connectivity index (χ3n) is 0.166. The minimum atomic E-state index is 1.15. The van der Waals surface area contributed by atoms with E-state index in [1.165, 1.54) is 0 Å². The summed E-state index contributed by atoms with van der Waals surface area (Å²) >= 11 is 4.24. The van der Waals surface area contributed by atoms with Crippen LogP contribution in [0.25, 0.3) is 0 Å². The zero-order valence-corrected chi connectivity index (χ0v) is 3.71. The zero-order chi connectivity index (χ0) is 4.12. The normalized spacial score (nSPS) is 6.60. The number of nitrogens with one attached hydrogen (secondary N) is 1. The fourth-order valence-electron chi connectivity index (χ4n) is 0.0481. The Hall–Kier alpha value is -0.150. The summed E-state index contributed by atoms with van der Waals surface area (Å²) in [7, 11) is 1.64. The Labute approximate surface area is 36.1 Å². The van der Waals surface area contributed by atoms with E-state index in [9.17, 15) is 0 Å². The molecule has 0 heterocycles. The molecule has 0 aliphatic heterocycles. The molecule has 0 radical (unpaired) electrons. The molecule has 1 N–H and O–H groups in total. The van der Waals surface area contributed by atoms with Gasteiger partial charge >= 0.3 is 0 Å². The van der Waals surface area contributed by atoms with Gasteiger partial charge in [0.05, 0.1) is 0 Å². The lowest BCUT2D eigenvalue weighted by Gasteiger charge is -1.85. The van der Waals surface area contributed by atoms with Gasteiger partial charge in [0.1, 0.15) is 0 Å². The molecule has 0 unspecified atom stereocenters. The average molecular weight is 91.1 g/mol. The van der Waals surface area contributed by atoms with Crippen LogP contribution in [0.2, 0.25) is 0 Å². The van der Waals surface area contributed by atoms with Crippen molar-refractivity contribution in [1.29, 1.82) is 0 Å². The third-order valence-corrected chi connectivity index (χ3v) is 0.262. The predicted octanol–water partition coefficient (Wildman–Crippen LogP) is 0.0946. The Bertz CT molecular complexity index is 30.8.